The van der Waals surface area contributed by atoms with E-state index in [-0.39, 0.29) is 18.5 Å². The number of imidazole rings is 1. The summed E-state index contributed by atoms with van der Waals surface area (Å²) in [5.74, 6) is -0.0961. The van der Waals surface area contributed by atoms with E-state index < -0.39 is 11.7 Å². The zero-order valence-corrected chi connectivity index (χ0v) is 13.3. The van der Waals surface area contributed by atoms with Gasteiger partial charge in [0.1, 0.15) is 12.1 Å². The molecule has 1 aromatic heterocycles. The van der Waals surface area contributed by atoms with E-state index in [4.69, 9.17) is 4.74 Å². The molecule has 7 nitrogen and oxygen atoms in total. The van der Waals surface area contributed by atoms with Gasteiger partial charge in [-0.25, -0.2) is 9.78 Å². The highest BCUT2D eigenvalue weighted by molar-refractivity contribution is 5.75. The van der Waals surface area contributed by atoms with Crippen LogP contribution in [0.3, 0.4) is 0 Å². The zero-order valence-electron chi connectivity index (χ0n) is 13.3. The largest absolute Gasteiger partial charge is 0.444 e. The number of amides is 2. The highest BCUT2D eigenvalue weighted by atomic mass is 16.6. The summed E-state index contributed by atoms with van der Waals surface area (Å²) in [6.45, 7) is 9.83. The SMILES string of the molecule is CCNC(=O)Cn1cncc1[C@H](C)NC(=O)OC(C)(C)C. The molecule has 0 aromatic carbocycles. The maximum Gasteiger partial charge on any atom is 0.408 e. The summed E-state index contributed by atoms with van der Waals surface area (Å²) in [5, 5.41) is 5.45. The van der Waals surface area contributed by atoms with E-state index in [9.17, 15) is 9.59 Å². The van der Waals surface area contributed by atoms with E-state index in [2.05, 4.69) is 15.6 Å². The molecule has 0 unspecified atom stereocenters. The van der Waals surface area contributed by atoms with E-state index in [1.165, 1.54) is 0 Å². The van der Waals surface area contributed by atoms with Crippen LogP contribution in [-0.4, -0.2) is 33.7 Å². The summed E-state index contributed by atoms with van der Waals surface area (Å²) in [4.78, 5) is 27.4. The number of hydrogen-bond acceptors (Lipinski definition) is 4. The molecule has 2 amide bonds. The van der Waals surface area contributed by atoms with Crippen molar-refractivity contribution >= 4 is 12.0 Å². The molecule has 0 saturated heterocycles. The van der Waals surface area contributed by atoms with Crippen molar-refractivity contribution in [1.29, 1.82) is 0 Å². The molecule has 0 aliphatic rings. The van der Waals surface area contributed by atoms with Gasteiger partial charge in [-0.3, -0.25) is 4.79 Å². The topological polar surface area (TPSA) is 85.3 Å². The Bertz CT molecular complexity index is 491. The number of likely N-dealkylation sites (N-methyl/N-ethyl adjacent to an activating group) is 1. The molecule has 0 bridgehead atoms. The second-order valence-corrected chi connectivity index (χ2v) is 5.77. The van der Waals surface area contributed by atoms with Gasteiger partial charge in [0.05, 0.1) is 24.3 Å². The fourth-order valence-electron chi connectivity index (χ4n) is 1.79. The standard InChI is InChI=1S/C14H24N4O3/c1-6-16-12(19)8-18-9-15-7-11(18)10(2)17-13(20)21-14(3,4)5/h7,9-10H,6,8H2,1-5H3,(H,16,19)(H,17,20)/t10-/m0/s1. The van der Waals surface area contributed by atoms with Crippen LogP contribution < -0.4 is 10.6 Å². The van der Waals surface area contributed by atoms with Crippen LogP contribution in [0.15, 0.2) is 12.5 Å². The predicted octanol–water partition coefficient (Wildman–Crippen LogP) is 1.60. The molecule has 2 N–H and O–H groups in total. The highest BCUT2D eigenvalue weighted by Gasteiger charge is 2.20. The van der Waals surface area contributed by atoms with E-state index in [1.807, 2.05) is 13.8 Å². The van der Waals surface area contributed by atoms with Gasteiger partial charge in [-0.2, -0.15) is 0 Å². The van der Waals surface area contributed by atoms with Crippen molar-refractivity contribution < 1.29 is 14.3 Å². The van der Waals surface area contributed by atoms with Crippen molar-refractivity contribution in [2.24, 2.45) is 0 Å². The van der Waals surface area contributed by atoms with Gasteiger partial charge in [0, 0.05) is 6.54 Å². The number of ether oxygens (including phenoxy) is 1. The second kappa shape index (κ2) is 7.10. The number of nitrogens with one attached hydrogen (secondary N) is 2. The van der Waals surface area contributed by atoms with Crippen molar-refractivity contribution in [2.45, 2.75) is 52.8 Å². The van der Waals surface area contributed by atoms with Crippen LogP contribution in [0.25, 0.3) is 0 Å². The van der Waals surface area contributed by atoms with E-state index in [0.29, 0.717) is 6.54 Å². The first-order valence-corrected chi connectivity index (χ1v) is 6.99. The molecule has 0 saturated carbocycles. The quantitative estimate of drug-likeness (QED) is 0.864. The minimum atomic E-state index is -0.551. The van der Waals surface area contributed by atoms with E-state index >= 15 is 0 Å². The summed E-state index contributed by atoms with van der Waals surface area (Å²) < 4.78 is 6.91. The lowest BCUT2D eigenvalue weighted by Gasteiger charge is -2.22. The van der Waals surface area contributed by atoms with Crippen molar-refractivity contribution in [3.63, 3.8) is 0 Å². The molecule has 1 rings (SSSR count). The lowest BCUT2D eigenvalue weighted by atomic mass is 10.2. The average molecular weight is 296 g/mol. The molecule has 0 spiro atoms. The molecular weight excluding hydrogens is 272 g/mol. The Hall–Kier alpha value is -2.05. The third-order valence-corrected chi connectivity index (χ3v) is 2.61. The van der Waals surface area contributed by atoms with Crippen LogP contribution in [0.2, 0.25) is 0 Å². The first-order valence-electron chi connectivity index (χ1n) is 6.99. The Morgan fingerprint density at radius 2 is 2.10 bits per heavy atom. The van der Waals surface area contributed by atoms with Crippen LogP contribution in [0.4, 0.5) is 4.79 Å². The van der Waals surface area contributed by atoms with Gasteiger partial charge in [0.25, 0.3) is 0 Å². The van der Waals surface area contributed by atoms with Gasteiger partial charge in [-0.15, -0.1) is 0 Å². The van der Waals surface area contributed by atoms with Crippen LogP contribution in [0, 0.1) is 0 Å². The average Bonchev–Trinajstić information content (AvgIpc) is 2.74. The van der Waals surface area contributed by atoms with Gasteiger partial charge in [-0.1, -0.05) is 0 Å². The Morgan fingerprint density at radius 1 is 1.43 bits per heavy atom. The maximum atomic E-state index is 11.8. The second-order valence-electron chi connectivity index (χ2n) is 5.77. The molecule has 0 radical (unpaired) electrons. The van der Waals surface area contributed by atoms with Crippen molar-refractivity contribution in [2.75, 3.05) is 6.54 Å². The van der Waals surface area contributed by atoms with E-state index in [0.717, 1.165) is 5.69 Å². The molecule has 1 atom stereocenters. The van der Waals surface area contributed by atoms with Crippen LogP contribution in [-0.2, 0) is 16.1 Å². The fraction of sp³-hybridized carbons (Fsp3) is 0.643. The van der Waals surface area contributed by atoms with Gasteiger partial charge in [0.15, 0.2) is 0 Å². The molecule has 1 aromatic rings. The number of carbonyl (C=O) groups excluding carboxylic acids is 2. The highest BCUT2D eigenvalue weighted by Crippen LogP contribution is 2.13. The summed E-state index contributed by atoms with van der Waals surface area (Å²) in [6, 6.07) is -0.309. The predicted molar refractivity (Wildman–Crippen MR) is 78.7 cm³/mol. The van der Waals surface area contributed by atoms with Crippen LogP contribution >= 0.6 is 0 Å². The first-order chi connectivity index (χ1) is 9.73. The number of carbonyl (C=O) groups is 2. The maximum absolute atomic E-state index is 11.8. The molecule has 21 heavy (non-hydrogen) atoms. The van der Waals surface area contributed by atoms with Gasteiger partial charge in [-0.05, 0) is 34.6 Å². The van der Waals surface area contributed by atoms with Gasteiger partial charge < -0.3 is 19.9 Å². The first kappa shape index (κ1) is 17.0. The molecule has 7 heteroatoms. The van der Waals surface area contributed by atoms with Gasteiger partial charge in [0.2, 0.25) is 5.91 Å². The fourth-order valence-corrected chi connectivity index (χ4v) is 1.79. The molecule has 118 valence electrons. The normalized spacial score (nSPS) is 12.6. The third kappa shape index (κ3) is 5.85. The Kier molecular flexibility index (Phi) is 5.75. The van der Waals surface area contributed by atoms with Crippen molar-refractivity contribution in [3.05, 3.63) is 18.2 Å². The molecule has 0 fully saturated rings. The Morgan fingerprint density at radius 3 is 2.67 bits per heavy atom. The Balaban J connectivity index is 2.67. The molecule has 1 heterocycles. The minimum absolute atomic E-state index is 0.0961. The Labute approximate surface area is 125 Å². The van der Waals surface area contributed by atoms with Crippen molar-refractivity contribution in [1.82, 2.24) is 20.2 Å². The number of aromatic nitrogens is 2. The van der Waals surface area contributed by atoms with Crippen molar-refractivity contribution in [3.8, 4) is 0 Å². The lowest BCUT2D eigenvalue weighted by molar-refractivity contribution is -0.121. The summed E-state index contributed by atoms with van der Waals surface area (Å²) >= 11 is 0. The minimum Gasteiger partial charge on any atom is -0.444 e. The number of rotatable bonds is 5. The summed E-state index contributed by atoms with van der Waals surface area (Å²) in [7, 11) is 0. The zero-order chi connectivity index (χ0) is 16.0. The molecule has 0 aliphatic carbocycles. The third-order valence-electron chi connectivity index (χ3n) is 2.61. The van der Waals surface area contributed by atoms with Crippen LogP contribution in [0.5, 0.6) is 0 Å². The number of nitrogens with zero attached hydrogens (tertiary/aromatic N) is 2. The number of alkyl carbamates (subject to hydrolysis) is 1. The van der Waals surface area contributed by atoms with Crippen LogP contribution in [0.1, 0.15) is 46.4 Å². The molecular formula is C14H24N4O3. The summed E-state index contributed by atoms with van der Waals surface area (Å²) in [5.41, 5.74) is 0.192. The van der Waals surface area contributed by atoms with E-state index in [1.54, 1.807) is 37.9 Å². The smallest absolute Gasteiger partial charge is 0.408 e. The lowest BCUT2D eigenvalue weighted by Crippen LogP contribution is -2.35. The number of hydrogen-bond donors (Lipinski definition) is 2. The summed E-state index contributed by atoms with van der Waals surface area (Å²) in [6.07, 6.45) is 2.69. The molecule has 0 aliphatic heterocycles. The monoisotopic (exact) mass is 296 g/mol. The van der Waals surface area contributed by atoms with Gasteiger partial charge >= 0.3 is 6.09 Å².